The third kappa shape index (κ3) is 3.93. The highest BCUT2D eigenvalue weighted by Crippen LogP contribution is 2.23. The lowest BCUT2D eigenvalue weighted by atomic mass is 10.2. The van der Waals surface area contributed by atoms with Gasteiger partial charge in [-0.1, -0.05) is 12.1 Å². The van der Waals surface area contributed by atoms with Gasteiger partial charge in [-0.25, -0.2) is 0 Å². The van der Waals surface area contributed by atoms with Crippen molar-refractivity contribution in [1.29, 1.82) is 0 Å². The monoisotopic (exact) mass is 353 g/mol. The Hall–Kier alpha value is -2.97. The molecule has 2 heterocycles. The van der Waals surface area contributed by atoms with E-state index < -0.39 is 12.8 Å². The molecule has 9 heteroatoms. The predicted octanol–water partition coefficient (Wildman–Crippen LogP) is 3.02. The molecule has 132 valence electrons. The van der Waals surface area contributed by atoms with Gasteiger partial charge in [-0.3, -0.25) is 0 Å². The number of aromatic nitrogens is 3. The molecule has 0 aliphatic carbocycles. The average molecular weight is 353 g/mol. The molecule has 0 aliphatic heterocycles. The van der Waals surface area contributed by atoms with Gasteiger partial charge < -0.3 is 19.7 Å². The van der Waals surface area contributed by atoms with E-state index in [4.69, 9.17) is 9.47 Å². The molecule has 0 unspecified atom stereocenters. The van der Waals surface area contributed by atoms with Crippen molar-refractivity contribution >= 4 is 11.0 Å². The number of halogens is 3. The summed E-state index contributed by atoms with van der Waals surface area (Å²) in [7, 11) is 0. The van der Waals surface area contributed by atoms with E-state index in [1.54, 1.807) is 6.07 Å². The first-order chi connectivity index (χ1) is 11.8. The van der Waals surface area contributed by atoms with E-state index in [0.717, 1.165) is 11.7 Å². The number of rotatable bonds is 5. The molecule has 25 heavy (non-hydrogen) atoms. The summed E-state index contributed by atoms with van der Waals surface area (Å²) in [5.74, 6) is -0.0207. The van der Waals surface area contributed by atoms with Crippen LogP contribution in [0.25, 0.3) is 11.0 Å². The molecule has 6 nitrogen and oxygen atoms in total. The molecule has 0 saturated heterocycles. The number of benzene rings is 1. The molecule has 0 radical (unpaired) electrons. The van der Waals surface area contributed by atoms with E-state index in [9.17, 15) is 18.4 Å². The van der Waals surface area contributed by atoms with Crippen molar-refractivity contribution in [2.24, 2.45) is 0 Å². The molecule has 1 aromatic carbocycles. The maximum Gasteiger partial charge on any atom is 0.422 e. The van der Waals surface area contributed by atoms with E-state index in [0.29, 0.717) is 10.2 Å². The summed E-state index contributed by atoms with van der Waals surface area (Å²) in [5.41, 5.74) is 1.89. The van der Waals surface area contributed by atoms with Gasteiger partial charge in [0.2, 0.25) is 5.69 Å². The number of pyridine rings is 1. The van der Waals surface area contributed by atoms with E-state index in [-0.39, 0.29) is 29.6 Å². The Kier molecular flexibility index (Phi) is 4.39. The van der Waals surface area contributed by atoms with Gasteiger partial charge in [-0.05, 0) is 19.1 Å². The van der Waals surface area contributed by atoms with Crippen molar-refractivity contribution in [2.75, 3.05) is 6.61 Å². The van der Waals surface area contributed by atoms with Crippen molar-refractivity contribution < 1.29 is 27.4 Å². The quantitative estimate of drug-likeness (QED) is 0.565. The van der Waals surface area contributed by atoms with Gasteiger partial charge in [0.25, 0.3) is 6.01 Å². The van der Waals surface area contributed by atoms with Crippen LogP contribution in [0.5, 0.6) is 11.8 Å². The van der Waals surface area contributed by atoms with E-state index in [1.165, 1.54) is 13.0 Å². The number of fused-ring (bicyclic) bond motifs is 1. The largest absolute Gasteiger partial charge is 0.618 e. The summed E-state index contributed by atoms with van der Waals surface area (Å²) >= 11 is 0. The number of H-pyrrole nitrogens is 1. The minimum atomic E-state index is -4.46. The zero-order chi connectivity index (χ0) is 18.0. The predicted molar refractivity (Wildman–Crippen MR) is 82.1 cm³/mol. The van der Waals surface area contributed by atoms with Gasteiger partial charge >= 0.3 is 6.18 Å². The Morgan fingerprint density at radius 3 is 2.68 bits per heavy atom. The molecule has 0 amide bonds. The molecular weight excluding hydrogens is 339 g/mol. The van der Waals surface area contributed by atoms with Crippen LogP contribution in [0.1, 0.15) is 11.3 Å². The summed E-state index contributed by atoms with van der Waals surface area (Å²) in [6, 6.07) is 8.68. The number of para-hydroxylation sites is 2. The van der Waals surface area contributed by atoms with Crippen molar-refractivity contribution in [3.8, 4) is 11.8 Å². The highest BCUT2D eigenvalue weighted by molar-refractivity contribution is 5.75. The summed E-state index contributed by atoms with van der Waals surface area (Å²) in [6.45, 7) is -0.101. The second-order valence-corrected chi connectivity index (χ2v) is 5.33. The fourth-order valence-corrected chi connectivity index (χ4v) is 2.28. The van der Waals surface area contributed by atoms with Gasteiger partial charge in [-0.2, -0.15) is 22.9 Å². The molecule has 0 aliphatic rings. The van der Waals surface area contributed by atoms with Crippen LogP contribution in [-0.4, -0.2) is 22.8 Å². The number of nitrogens with one attached hydrogen (secondary N) is 1. The van der Waals surface area contributed by atoms with Gasteiger partial charge in [0.05, 0.1) is 16.6 Å². The first-order valence-corrected chi connectivity index (χ1v) is 7.32. The molecular formula is C16H14F3N3O3. The number of aromatic amines is 1. The maximum atomic E-state index is 12.3. The van der Waals surface area contributed by atoms with Gasteiger partial charge in [0.15, 0.2) is 19.4 Å². The van der Waals surface area contributed by atoms with Crippen molar-refractivity contribution in [3.63, 3.8) is 0 Å². The van der Waals surface area contributed by atoms with Crippen molar-refractivity contribution in [1.82, 2.24) is 9.97 Å². The lowest BCUT2D eigenvalue weighted by molar-refractivity contribution is -0.616. The molecule has 3 aromatic rings. The maximum absolute atomic E-state index is 12.3. The Balaban J connectivity index is 1.77. The molecule has 0 fully saturated rings. The molecule has 0 bridgehead atoms. The molecule has 2 aromatic heterocycles. The standard InChI is InChI=1S/C16H14F3N3O3/c1-10-13(22(23)7-6-14(10)25-9-16(17,18)19)8-24-15-20-11-4-2-3-5-12(11)21-15/h2-7H,8-9H2,1H3,(H,20,21). The normalized spacial score (nSPS) is 11.7. The van der Waals surface area contributed by atoms with E-state index in [2.05, 4.69) is 9.97 Å². The van der Waals surface area contributed by atoms with Crippen LogP contribution in [0.2, 0.25) is 0 Å². The smallest absolute Gasteiger partial charge is 0.422 e. The summed E-state index contributed by atoms with van der Waals surface area (Å²) in [6.07, 6.45) is -3.38. The number of alkyl halides is 3. The summed E-state index contributed by atoms with van der Waals surface area (Å²) < 4.78 is 47.6. The first kappa shape index (κ1) is 16.9. The molecule has 0 saturated carbocycles. The fourth-order valence-electron chi connectivity index (χ4n) is 2.28. The Morgan fingerprint density at radius 1 is 1.20 bits per heavy atom. The third-order valence-electron chi connectivity index (χ3n) is 3.53. The van der Waals surface area contributed by atoms with Crippen LogP contribution in [0.4, 0.5) is 13.2 Å². The highest BCUT2D eigenvalue weighted by Gasteiger charge is 2.29. The van der Waals surface area contributed by atoms with Crippen LogP contribution in [0.3, 0.4) is 0 Å². The van der Waals surface area contributed by atoms with Crippen molar-refractivity contribution in [3.05, 3.63) is 53.0 Å². The molecule has 3 rings (SSSR count). The van der Waals surface area contributed by atoms with Gasteiger partial charge in [-0.15, -0.1) is 0 Å². The first-order valence-electron chi connectivity index (χ1n) is 7.32. The highest BCUT2D eigenvalue weighted by atomic mass is 19.4. The molecule has 0 spiro atoms. The SMILES string of the molecule is Cc1c(OCC(F)(F)F)cc[n+]([O-])c1COc1nc2ccccc2[nH]1. The zero-order valence-corrected chi connectivity index (χ0v) is 13.1. The fraction of sp³-hybridized carbons (Fsp3) is 0.250. The van der Waals surface area contributed by atoms with Crippen LogP contribution in [0.15, 0.2) is 36.5 Å². The number of nitrogens with zero attached hydrogens (tertiary/aromatic N) is 2. The Morgan fingerprint density at radius 2 is 1.96 bits per heavy atom. The summed E-state index contributed by atoms with van der Waals surface area (Å²) in [5, 5.41) is 11.9. The van der Waals surface area contributed by atoms with Gasteiger partial charge in [0, 0.05) is 6.07 Å². The minimum absolute atomic E-state index is 0.0207. The van der Waals surface area contributed by atoms with Crippen LogP contribution >= 0.6 is 0 Å². The van der Waals surface area contributed by atoms with Crippen LogP contribution < -0.4 is 14.2 Å². The topological polar surface area (TPSA) is 74.1 Å². The Bertz CT molecular complexity index is 860. The number of hydrogen-bond donors (Lipinski definition) is 1. The second-order valence-electron chi connectivity index (χ2n) is 5.33. The number of imidazole rings is 1. The van der Waals surface area contributed by atoms with E-state index >= 15 is 0 Å². The lowest BCUT2D eigenvalue weighted by Crippen LogP contribution is -2.34. The third-order valence-corrected chi connectivity index (χ3v) is 3.53. The van der Waals surface area contributed by atoms with Gasteiger partial charge in [0.1, 0.15) is 5.75 Å². The van der Waals surface area contributed by atoms with E-state index in [1.807, 2.05) is 18.2 Å². The number of ether oxygens (including phenoxy) is 2. The minimum Gasteiger partial charge on any atom is -0.618 e. The zero-order valence-electron chi connectivity index (χ0n) is 13.1. The van der Waals surface area contributed by atoms with Crippen LogP contribution in [0, 0.1) is 12.1 Å². The van der Waals surface area contributed by atoms with Crippen LogP contribution in [-0.2, 0) is 6.61 Å². The average Bonchev–Trinajstić information content (AvgIpc) is 2.96. The number of hydrogen-bond acceptors (Lipinski definition) is 4. The Labute approximate surface area is 140 Å². The molecule has 0 atom stereocenters. The van der Waals surface area contributed by atoms with Crippen molar-refractivity contribution in [2.45, 2.75) is 19.7 Å². The molecule has 1 N–H and O–H groups in total. The summed E-state index contributed by atoms with van der Waals surface area (Å²) in [4.78, 5) is 7.15. The lowest BCUT2D eigenvalue weighted by Gasteiger charge is -2.13. The second kappa shape index (κ2) is 6.50.